The number of rotatable bonds is 3. The van der Waals surface area contributed by atoms with Crippen LogP contribution in [0.5, 0.6) is 5.75 Å². The van der Waals surface area contributed by atoms with Crippen LogP contribution in [0, 0.1) is 11.3 Å². The molecule has 0 saturated heterocycles. The van der Waals surface area contributed by atoms with Crippen LogP contribution in [0.15, 0.2) is 40.9 Å². The normalized spacial score (nSPS) is 10.9. The lowest BCUT2D eigenvalue weighted by Gasteiger charge is -2.06. The Morgan fingerprint density at radius 3 is 2.44 bits per heavy atom. The molecule has 0 fully saturated rings. The van der Waals surface area contributed by atoms with Gasteiger partial charge in [0.05, 0.1) is 5.03 Å². The van der Waals surface area contributed by atoms with Crippen molar-refractivity contribution in [2.24, 2.45) is 5.73 Å². The van der Waals surface area contributed by atoms with Crippen molar-refractivity contribution in [1.29, 1.82) is 5.26 Å². The molecule has 1 aromatic rings. The van der Waals surface area contributed by atoms with E-state index in [2.05, 4.69) is 17.9 Å². The summed E-state index contributed by atoms with van der Waals surface area (Å²) < 4.78 is 4.86. The lowest BCUT2D eigenvalue weighted by molar-refractivity contribution is -0.114. The van der Waals surface area contributed by atoms with E-state index in [0.717, 1.165) is 0 Å². The van der Waals surface area contributed by atoms with Crippen LogP contribution in [0.2, 0.25) is 0 Å². The number of thiol groups is 1. The highest BCUT2D eigenvalue weighted by Gasteiger charge is 2.13. The fourth-order valence-corrected chi connectivity index (χ4v) is 1.26. The monoisotopic (exact) mass is 263 g/mol. The van der Waals surface area contributed by atoms with E-state index in [1.807, 2.05) is 0 Å². The molecule has 0 aromatic heterocycles. The van der Waals surface area contributed by atoms with E-state index in [4.69, 9.17) is 15.7 Å². The fourth-order valence-electron chi connectivity index (χ4n) is 1.01. The second-order valence-electron chi connectivity index (χ2n) is 3.03. The largest absolute Gasteiger partial charge is 0.417 e. The van der Waals surface area contributed by atoms with E-state index in [1.165, 1.54) is 6.07 Å². The molecular formula is C11H9N3O3S. The first-order valence-corrected chi connectivity index (χ1v) is 5.16. The van der Waals surface area contributed by atoms with Crippen molar-refractivity contribution in [1.82, 2.24) is 5.32 Å². The van der Waals surface area contributed by atoms with E-state index in [9.17, 15) is 9.59 Å². The molecule has 0 aliphatic heterocycles. The maximum absolute atomic E-state index is 11.4. The summed E-state index contributed by atoms with van der Waals surface area (Å²) in [6.07, 6.45) is -0.875. The molecule has 0 radical (unpaired) electrons. The number of benzene rings is 1. The lowest BCUT2D eigenvalue weighted by atomic mass is 10.3. The summed E-state index contributed by atoms with van der Waals surface area (Å²) in [4.78, 5) is 22.2. The van der Waals surface area contributed by atoms with Gasteiger partial charge in [-0.25, -0.2) is 4.79 Å². The van der Waals surface area contributed by atoms with Crippen molar-refractivity contribution < 1.29 is 14.3 Å². The van der Waals surface area contributed by atoms with Crippen LogP contribution < -0.4 is 15.8 Å². The molecule has 92 valence electrons. The number of nitriles is 1. The van der Waals surface area contributed by atoms with Crippen LogP contribution in [0.1, 0.15) is 0 Å². The van der Waals surface area contributed by atoms with E-state index in [0.29, 0.717) is 5.75 Å². The van der Waals surface area contributed by atoms with Crippen LogP contribution in [0.3, 0.4) is 0 Å². The Hall–Kier alpha value is -2.46. The maximum atomic E-state index is 11.4. The Morgan fingerprint density at radius 1 is 1.33 bits per heavy atom. The topological polar surface area (TPSA) is 105 Å². The zero-order chi connectivity index (χ0) is 13.5. The van der Waals surface area contributed by atoms with Crippen LogP contribution in [0.25, 0.3) is 0 Å². The number of nitrogens with one attached hydrogen (secondary N) is 1. The van der Waals surface area contributed by atoms with E-state index in [-0.39, 0.29) is 5.03 Å². The minimum absolute atomic E-state index is 0.258. The van der Waals surface area contributed by atoms with Crippen molar-refractivity contribution in [3.05, 3.63) is 40.9 Å². The molecule has 0 aliphatic rings. The van der Waals surface area contributed by atoms with Crippen molar-refractivity contribution >= 4 is 24.6 Å². The molecule has 0 bridgehead atoms. The van der Waals surface area contributed by atoms with Gasteiger partial charge < -0.3 is 10.5 Å². The zero-order valence-electron chi connectivity index (χ0n) is 9.08. The second kappa shape index (κ2) is 6.32. The van der Waals surface area contributed by atoms with Gasteiger partial charge in [-0.15, -0.1) is 12.6 Å². The van der Waals surface area contributed by atoms with Crippen LogP contribution in [0.4, 0.5) is 4.79 Å². The molecule has 0 saturated carbocycles. The van der Waals surface area contributed by atoms with Crippen LogP contribution >= 0.6 is 12.6 Å². The quantitative estimate of drug-likeness (QED) is 0.428. The molecule has 0 heterocycles. The highest BCUT2D eigenvalue weighted by molar-refractivity contribution is 7.84. The molecule has 1 aromatic carbocycles. The summed E-state index contributed by atoms with van der Waals surface area (Å²) in [5, 5.41) is 10.5. The summed E-state index contributed by atoms with van der Waals surface area (Å²) in [5.74, 6) is -0.670. The summed E-state index contributed by atoms with van der Waals surface area (Å²) in [6.45, 7) is 0. The van der Waals surface area contributed by atoms with Gasteiger partial charge in [0.2, 0.25) is 0 Å². The number of carbonyl (C=O) groups excluding carboxylic acids is 2. The molecule has 0 atom stereocenters. The summed E-state index contributed by atoms with van der Waals surface area (Å²) in [5.41, 5.74) is 4.46. The standard InChI is InChI=1S/C11H9N3O3S/c12-6-8(9(13)15)10(18)14-11(16)17-7-4-2-1-3-5-7/h1-5,18H,(H2,13,15)(H,14,16)/b10-8-. The SMILES string of the molecule is N#C/C(C(N)=O)=C(/S)NC(=O)Oc1ccccc1. The van der Waals surface area contributed by atoms with Crippen LogP contribution in [-0.2, 0) is 4.79 Å². The number of nitrogens with zero attached hydrogens (tertiary/aromatic N) is 1. The second-order valence-corrected chi connectivity index (χ2v) is 3.47. The van der Waals surface area contributed by atoms with Crippen LogP contribution in [-0.4, -0.2) is 12.0 Å². The predicted octanol–water partition coefficient (Wildman–Crippen LogP) is 0.925. The van der Waals surface area contributed by atoms with Gasteiger partial charge in [-0.3, -0.25) is 10.1 Å². The Labute approximate surface area is 108 Å². The molecule has 3 N–H and O–H groups in total. The van der Waals surface area contributed by atoms with Crippen molar-refractivity contribution in [3.63, 3.8) is 0 Å². The summed E-state index contributed by atoms with van der Waals surface area (Å²) in [7, 11) is 0. The highest BCUT2D eigenvalue weighted by atomic mass is 32.1. The Balaban J connectivity index is 2.72. The van der Waals surface area contributed by atoms with Crippen molar-refractivity contribution in [2.75, 3.05) is 0 Å². The number of hydrogen-bond donors (Lipinski definition) is 3. The summed E-state index contributed by atoms with van der Waals surface area (Å²) in [6, 6.07) is 9.80. The minimum Gasteiger partial charge on any atom is -0.410 e. The van der Waals surface area contributed by atoms with E-state index < -0.39 is 17.6 Å². The van der Waals surface area contributed by atoms with E-state index >= 15 is 0 Å². The molecule has 7 heteroatoms. The van der Waals surface area contributed by atoms with Crippen molar-refractivity contribution in [3.8, 4) is 11.8 Å². The number of hydrogen-bond acceptors (Lipinski definition) is 5. The Kier molecular flexibility index (Phi) is 4.78. The van der Waals surface area contributed by atoms with Gasteiger partial charge in [0, 0.05) is 0 Å². The molecule has 0 aliphatic carbocycles. The third kappa shape index (κ3) is 3.84. The van der Waals surface area contributed by atoms with Crippen molar-refractivity contribution in [2.45, 2.75) is 0 Å². The summed E-state index contributed by atoms with van der Waals surface area (Å²) >= 11 is 3.79. The van der Waals surface area contributed by atoms with Gasteiger partial charge in [0.1, 0.15) is 17.4 Å². The molecule has 6 nitrogen and oxygen atoms in total. The number of para-hydroxylation sites is 1. The number of nitrogens with two attached hydrogens (primary N) is 1. The Morgan fingerprint density at radius 2 is 1.94 bits per heavy atom. The van der Waals surface area contributed by atoms with E-state index in [1.54, 1.807) is 30.3 Å². The number of amides is 2. The first kappa shape index (κ1) is 13.6. The van der Waals surface area contributed by atoms with Gasteiger partial charge in [-0.05, 0) is 12.1 Å². The van der Waals surface area contributed by atoms with Gasteiger partial charge >= 0.3 is 6.09 Å². The number of carbonyl (C=O) groups is 2. The smallest absolute Gasteiger partial charge is 0.410 e. The maximum Gasteiger partial charge on any atom is 0.417 e. The third-order valence-electron chi connectivity index (χ3n) is 1.77. The molecule has 0 unspecified atom stereocenters. The predicted molar refractivity (Wildman–Crippen MR) is 66.4 cm³/mol. The zero-order valence-corrected chi connectivity index (χ0v) is 9.98. The average Bonchev–Trinajstić information content (AvgIpc) is 2.30. The number of ether oxygens (including phenoxy) is 1. The number of primary amides is 1. The molecular weight excluding hydrogens is 254 g/mol. The molecule has 2 amide bonds. The first-order chi connectivity index (χ1) is 8.54. The lowest BCUT2D eigenvalue weighted by Crippen LogP contribution is -2.27. The molecule has 1 rings (SSSR count). The minimum atomic E-state index is -0.984. The average molecular weight is 263 g/mol. The van der Waals surface area contributed by atoms with Gasteiger partial charge in [0.15, 0.2) is 0 Å². The highest BCUT2D eigenvalue weighted by Crippen LogP contribution is 2.10. The van der Waals surface area contributed by atoms with Gasteiger partial charge in [-0.2, -0.15) is 5.26 Å². The van der Waals surface area contributed by atoms with Gasteiger partial charge in [0.25, 0.3) is 5.91 Å². The molecule has 0 spiro atoms. The fraction of sp³-hybridized carbons (Fsp3) is 0. The first-order valence-electron chi connectivity index (χ1n) is 4.71. The van der Waals surface area contributed by atoms with Gasteiger partial charge in [-0.1, -0.05) is 18.2 Å². The Bertz CT molecular complexity index is 534. The third-order valence-corrected chi connectivity index (χ3v) is 2.10. The molecule has 18 heavy (non-hydrogen) atoms.